The molecule has 1 aliphatic heterocycles. The van der Waals surface area contributed by atoms with Crippen molar-refractivity contribution >= 4 is 11.6 Å². The Kier molecular flexibility index (Phi) is 4.14. The summed E-state index contributed by atoms with van der Waals surface area (Å²) >= 11 is 6.04. The summed E-state index contributed by atoms with van der Waals surface area (Å²) in [5.41, 5.74) is 0.920. The van der Waals surface area contributed by atoms with Crippen LogP contribution in [-0.2, 0) is 4.74 Å². The molecule has 0 N–H and O–H groups in total. The Morgan fingerprint density at radius 2 is 2.10 bits per heavy atom. The summed E-state index contributed by atoms with van der Waals surface area (Å²) in [7, 11) is 0. The summed E-state index contributed by atoms with van der Waals surface area (Å²) < 4.78 is 11.0. The van der Waals surface area contributed by atoms with E-state index in [0.717, 1.165) is 25.2 Å². The lowest BCUT2D eigenvalue weighted by molar-refractivity contribution is 0.165. The zero-order valence-electron chi connectivity index (χ0n) is 11.0. The van der Waals surface area contributed by atoms with Crippen molar-refractivity contribution < 1.29 is 9.47 Å². The SMILES string of the molecule is Clc1cc(OCC2CCOC2)nc(-c2ccccc2)n1. The van der Waals surface area contributed by atoms with Gasteiger partial charge in [0.2, 0.25) is 5.88 Å². The van der Waals surface area contributed by atoms with E-state index in [1.807, 2.05) is 30.3 Å². The number of hydrogen-bond donors (Lipinski definition) is 0. The zero-order valence-corrected chi connectivity index (χ0v) is 11.7. The first-order valence-corrected chi connectivity index (χ1v) is 6.99. The van der Waals surface area contributed by atoms with Crippen LogP contribution in [0, 0.1) is 5.92 Å². The highest BCUT2D eigenvalue weighted by Gasteiger charge is 2.17. The molecule has 1 aromatic carbocycles. The second-order valence-corrected chi connectivity index (χ2v) is 5.15. The number of benzene rings is 1. The first-order valence-electron chi connectivity index (χ1n) is 6.62. The number of rotatable bonds is 4. The summed E-state index contributed by atoms with van der Waals surface area (Å²) in [6, 6.07) is 11.4. The molecule has 0 amide bonds. The third kappa shape index (κ3) is 3.26. The summed E-state index contributed by atoms with van der Waals surface area (Å²) in [6.07, 6.45) is 1.03. The lowest BCUT2D eigenvalue weighted by atomic mass is 10.1. The molecule has 1 atom stereocenters. The molecule has 104 valence electrons. The third-order valence-corrected chi connectivity index (χ3v) is 3.39. The Balaban J connectivity index is 1.76. The third-order valence-electron chi connectivity index (χ3n) is 3.19. The highest BCUT2D eigenvalue weighted by Crippen LogP contribution is 2.22. The molecule has 1 unspecified atom stereocenters. The van der Waals surface area contributed by atoms with Crippen molar-refractivity contribution in [3.8, 4) is 17.3 Å². The van der Waals surface area contributed by atoms with E-state index in [2.05, 4.69) is 9.97 Å². The molecule has 0 bridgehead atoms. The van der Waals surface area contributed by atoms with Crippen LogP contribution in [0.4, 0.5) is 0 Å². The van der Waals surface area contributed by atoms with Gasteiger partial charge in [0.05, 0.1) is 13.2 Å². The predicted octanol–water partition coefficient (Wildman–Crippen LogP) is 3.21. The van der Waals surface area contributed by atoms with Crippen LogP contribution >= 0.6 is 11.6 Å². The molecule has 0 saturated carbocycles. The van der Waals surface area contributed by atoms with Crippen molar-refractivity contribution in [2.75, 3.05) is 19.8 Å². The summed E-state index contributed by atoms with van der Waals surface area (Å²) in [5.74, 6) is 1.52. The van der Waals surface area contributed by atoms with Crippen LogP contribution in [0.5, 0.6) is 5.88 Å². The number of halogens is 1. The molecule has 5 heteroatoms. The van der Waals surface area contributed by atoms with Gasteiger partial charge in [-0.15, -0.1) is 0 Å². The van der Waals surface area contributed by atoms with E-state index in [4.69, 9.17) is 21.1 Å². The molecule has 1 fully saturated rings. The number of aromatic nitrogens is 2. The molecule has 2 heterocycles. The molecule has 0 radical (unpaired) electrons. The minimum Gasteiger partial charge on any atom is -0.477 e. The van der Waals surface area contributed by atoms with E-state index < -0.39 is 0 Å². The van der Waals surface area contributed by atoms with Gasteiger partial charge in [0.1, 0.15) is 5.15 Å². The molecule has 2 aromatic rings. The number of nitrogens with zero attached hydrogens (tertiary/aromatic N) is 2. The van der Waals surface area contributed by atoms with Crippen LogP contribution < -0.4 is 4.74 Å². The van der Waals surface area contributed by atoms with Crippen molar-refractivity contribution in [1.29, 1.82) is 0 Å². The van der Waals surface area contributed by atoms with Gasteiger partial charge in [0.25, 0.3) is 0 Å². The second kappa shape index (κ2) is 6.20. The van der Waals surface area contributed by atoms with Gasteiger partial charge in [-0.2, -0.15) is 4.98 Å². The predicted molar refractivity (Wildman–Crippen MR) is 76.9 cm³/mol. The molecule has 4 nitrogen and oxygen atoms in total. The van der Waals surface area contributed by atoms with E-state index in [1.54, 1.807) is 6.07 Å². The first-order chi connectivity index (χ1) is 9.81. The van der Waals surface area contributed by atoms with Gasteiger partial charge in [0, 0.05) is 24.2 Å². The van der Waals surface area contributed by atoms with Crippen LogP contribution in [0.1, 0.15) is 6.42 Å². The van der Waals surface area contributed by atoms with E-state index >= 15 is 0 Å². The Bertz CT molecular complexity index is 571. The lowest BCUT2D eigenvalue weighted by Crippen LogP contribution is -2.12. The van der Waals surface area contributed by atoms with Crippen LogP contribution in [-0.4, -0.2) is 29.8 Å². The Hall–Kier alpha value is -1.65. The van der Waals surface area contributed by atoms with Gasteiger partial charge in [0.15, 0.2) is 5.82 Å². The molecular weight excluding hydrogens is 276 g/mol. The Labute approximate surface area is 122 Å². The smallest absolute Gasteiger partial charge is 0.218 e. The summed E-state index contributed by atoms with van der Waals surface area (Å²) in [6.45, 7) is 2.17. The first kappa shape index (κ1) is 13.3. The summed E-state index contributed by atoms with van der Waals surface area (Å²) in [5, 5.41) is 0.386. The van der Waals surface area contributed by atoms with E-state index in [-0.39, 0.29) is 0 Å². The van der Waals surface area contributed by atoms with Crippen LogP contribution in [0.15, 0.2) is 36.4 Å². The number of hydrogen-bond acceptors (Lipinski definition) is 4. The normalized spacial score (nSPS) is 18.1. The van der Waals surface area contributed by atoms with Gasteiger partial charge in [-0.1, -0.05) is 41.9 Å². The molecule has 1 aromatic heterocycles. The highest BCUT2D eigenvalue weighted by atomic mass is 35.5. The topological polar surface area (TPSA) is 44.2 Å². The van der Waals surface area contributed by atoms with Gasteiger partial charge in [-0.25, -0.2) is 4.98 Å². The lowest BCUT2D eigenvalue weighted by Gasteiger charge is -2.10. The monoisotopic (exact) mass is 290 g/mol. The minimum atomic E-state index is 0.386. The summed E-state index contributed by atoms with van der Waals surface area (Å²) in [4.78, 5) is 8.64. The molecule has 1 saturated heterocycles. The maximum atomic E-state index is 6.04. The molecule has 3 rings (SSSR count). The molecule has 0 spiro atoms. The van der Waals surface area contributed by atoms with Crippen molar-refractivity contribution in [2.45, 2.75) is 6.42 Å². The number of ether oxygens (including phenoxy) is 2. The van der Waals surface area contributed by atoms with E-state index in [1.165, 1.54) is 0 Å². The fourth-order valence-electron chi connectivity index (χ4n) is 2.11. The van der Waals surface area contributed by atoms with Crippen molar-refractivity contribution in [1.82, 2.24) is 9.97 Å². The fraction of sp³-hybridized carbons (Fsp3) is 0.333. The average Bonchev–Trinajstić information content (AvgIpc) is 2.99. The minimum absolute atomic E-state index is 0.386. The average molecular weight is 291 g/mol. The van der Waals surface area contributed by atoms with Gasteiger partial charge < -0.3 is 9.47 Å². The maximum absolute atomic E-state index is 6.04. The van der Waals surface area contributed by atoms with Crippen LogP contribution in [0.25, 0.3) is 11.4 Å². The van der Waals surface area contributed by atoms with Crippen LogP contribution in [0.3, 0.4) is 0 Å². The second-order valence-electron chi connectivity index (χ2n) is 4.76. The largest absolute Gasteiger partial charge is 0.477 e. The van der Waals surface area contributed by atoms with Gasteiger partial charge >= 0.3 is 0 Å². The van der Waals surface area contributed by atoms with Crippen molar-refractivity contribution in [3.63, 3.8) is 0 Å². The highest BCUT2D eigenvalue weighted by molar-refractivity contribution is 6.29. The quantitative estimate of drug-likeness (QED) is 0.811. The van der Waals surface area contributed by atoms with Gasteiger partial charge in [-0.05, 0) is 6.42 Å². The van der Waals surface area contributed by atoms with Crippen LogP contribution in [0.2, 0.25) is 5.15 Å². The zero-order chi connectivity index (χ0) is 13.8. The Morgan fingerprint density at radius 3 is 2.85 bits per heavy atom. The fourth-order valence-corrected chi connectivity index (χ4v) is 2.28. The van der Waals surface area contributed by atoms with Crippen molar-refractivity contribution in [3.05, 3.63) is 41.6 Å². The molecule has 0 aliphatic carbocycles. The van der Waals surface area contributed by atoms with E-state index in [9.17, 15) is 0 Å². The van der Waals surface area contributed by atoms with Gasteiger partial charge in [-0.3, -0.25) is 0 Å². The maximum Gasteiger partial charge on any atom is 0.218 e. The molecule has 1 aliphatic rings. The standard InChI is InChI=1S/C15H15ClN2O2/c16-13-8-14(20-10-11-6-7-19-9-11)18-15(17-13)12-4-2-1-3-5-12/h1-5,8,11H,6-7,9-10H2. The molecule has 20 heavy (non-hydrogen) atoms. The Morgan fingerprint density at radius 1 is 1.25 bits per heavy atom. The van der Waals surface area contributed by atoms with E-state index in [0.29, 0.717) is 29.4 Å². The van der Waals surface area contributed by atoms with Crippen molar-refractivity contribution in [2.24, 2.45) is 5.92 Å². The molecular formula is C15H15ClN2O2.